The number of nitrogens with zero attached hydrogens (tertiary/aromatic N) is 3. The second-order valence-corrected chi connectivity index (χ2v) is 9.52. The molecule has 0 aromatic carbocycles. The molecular formula is C26H32F4N4O2. The Morgan fingerprint density at radius 2 is 1.86 bits per heavy atom. The van der Waals surface area contributed by atoms with Crippen LogP contribution in [0.1, 0.15) is 65.8 Å². The minimum Gasteiger partial charge on any atom is -0.472 e. The molecule has 10 heteroatoms. The van der Waals surface area contributed by atoms with Crippen LogP contribution in [-0.4, -0.2) is 59.5 Å². The lowest BCUT2D eigenvalue weighted by Gasteiger charge is -2.31. The summed E-state index contributed by atoms with van der Waals surface area (Å²) in [5.74, 6) is 0.328. The maximum atomic E-state index is 13.2. The van der Waals surface area contributed by atoms with Crippen molar-refractivity contribution in [1.29, 1.82) is 0 Å². The zero-order valence-corrected chi connectivity index (χ0v) is 20.1. The van der Waals surface area contributed by atoms with Gasteiger partial charge in [0.15, 0.2) is 6.61 Å². The molecule has 36 heavy (non-hydrogen) atoms. The molecule has 2 aromatic rings. The molecular weight excluding hydrogens is 476 g/mol. The third-order valence-corrected chi connectivity index (χ3v) is 7.09. The molecule has 1 N–H and O–H groups in total. The third-order valence-electron chi connectivity index (χ3n) is 7.09. The largest absolute Gasteiger partial charge is 0.472 e. The molecule has 0 saturated heterocycles. The number of carbonyl (C=O) groups is 1. The van der Waals surface area contributed by atoms with Gasteiger partial charge in [-0.2, -0.15) is 0 Å². The molecule has 0 bridgehead atoms. The van der Waals surface area contributed by atoms with Gasteiger partial charge in [-0.3, -0.25) is 9.78 Å². The summed E-state index contributed by atoms with van der Waals surface area (Å²) < 4.78 is 56.2. The quantitative estimate of drug-likeness (QED) is 0.491. The van der Waals surface area contributed by atoms with E-state index in [9.17, 15) is 22.4 Å². The Kier molecular flexibility index (Phi) is 9.12. The van der Waals surface area contributed by atoms with E-state index in [-0.39, 0.29) is 17.5 Å². The Labute approximate surface area is 208 Å². The number of pyridine rings is 2. The van der Waals surface area contributed by atoms with Gasteiger partial charge in [-0.05, 0) is 68.7 Å². The Morgan fingerprint density at radius 3 is 2.61 bits per heavy atom. The number of hydrogen-bond donors (Lipinski definition) is 1. The van der Waals surface area contributed by atoms with Crippen molar-refractivity contribution in [2.75, 3.05) is 26.2 Å². The van der Waals surface area contributed by atoms with E-state index >= 15 is 0 Å². The predicted octanol–water partition coefficient (Wildman–Crippen LogP) is 4.84. The molecule has 0 spiro atoms. The Balaban J connectivity index is 1.19. The topological polar surface area (TPSA) is 67.4 Å². The average Bonchev–Trinajstić information content (AvgIpc) is 3.09. The lowest BCUT2D eigenvalue weighted by molar-refractivity contribution is 0.0794. The second-order valence-electron chi connectivity index (χ2n) is 9.52. The zero-order chi connectivity index (χ0) is 25.5. The number of hydrogen-bond acceptors (Lipinski definition) is 5. The number of ether oxygens (including phenoxy) is 1. The van der Waals surface area contributed by atoms with E-state index in [0.717, 1.165) is 75.8 Å². The standard InChI is InChI=1S/C26H32F4N4O2/c27-22(28)16-36-23-8-5-18-10-14-34(15-11-21(18)33-23)13-9-17-3-6-19(7-4-17)32-26(35)20-2-1-12-31-24(20)25(29)30/h1-2,5,8,12,17,19,22,25H,3-4,6-7,9-11,13-16H2,(H,32,35)/t17-,19-. The van der Waals surface area contributed by atoms with Gasteiger partial charge in [0.25, 0.3) is 18.8 Å². The van der Waals surface area contributed by atoms with Crippen LogP contribution < -0.4 is 10.1 Å². The summed E-state index contributed by atoms with van der Waals surface area (Å²) in [6.07, 6.45) is 2.28. The summed E-state index contributed by atoms with van der Waals surface area (Å²) >= 11 is 0. The number of amides is 1. The van der Waals surface area contributed by atoms with Crippen molar-refractivity contribution in [2.45, 2.75) is 63.8 Å². The fourth-order valence-corrected chi connectivity index (χ4v) is 5.07. The number of fused-ring (bicyclic) bond motifs is 1. The summed E-state index contributed by atoms with van der Waals surface area (Å²) in [4.78, 5) is 23.0. The SMILES string of the molecule is O=C(N[C@H]1CC[C@H](CCN2CCc3ccc(OCC(F)F)nc3CC2)CC1)c1cccnc1C(F)F. The normalized spacial score (nSPS) is 20.7. The Bertz CT molecular complexity index is 1020. The third kappa shape index (κ3) is 7.15. The summed E-state index contributed by atoms with van der Waals surface area (Å²) in [5.41, 5.74) is 1.53. The molecule has 2 aliphatic rings. The summed E-state index contributed by atoms with van der Waals surface area (Å²) in [6.45, 7) is 2.11. The first kappa shape index (κ1) is 26.3. The monoisotopic (exact) mass is 508 g/mol. The molecule has 3 heterocycles. The number of halogens is 4. The van der Waals surface area contributed by atoms with Crippen LogP contribution >= 0.6 is 0 Å². The maximum absolute atomic E-state index is 13.2. The number of nitrogens with one attached hydrogen (secondary N) is 1. The molecule has 1 aliphatic heterocycles. The van der Waals surface area contributed by atoms with Crippen molar-refractivity contribution in [1.82, 2.24) is 20.2 Å². The molecule has 0 radical (unpaired) electrons. The molecule has 196 valence electrons. The van der Waals surface area contributed by atoms with Crippen molar-refractivity contribution in [3.8, 4) is 5.88 Å². The van der Waals surface area contributed by atoms with Gasteiger partial charge < -0.3 is 15.0 Å². The highest BCUT2D eigenvalue weighted by Gasteiger charge is 2.26. The van der Waals surface area contributed by atoms with E-state index in [4.69, 9.17) is 4.74 Å². The van der Waals surface area contributed by atoms with E-state index in [1.807, 2.05) is 6.07 Å². The van der Waals surface area contributed by atoms with Crippen LogP contribution in [0, 0.1) is 5.92 Å². The van der Waals surface area contributed by atoms with Crippen LogP contribution in [-0.2, 0) is 12.8 Å². The lowest BCUT2D eigenvalue weighted by atomic mass is 9.84. The van der Waals surface area contributed by atoms with E-state index in [0.29, 0.717) is 5.92 Å². The summed E-state index contributed by atoms with van der Waals surface area (Å²) in [6, 6.07) is 6.46. The lowest BCUT2D eigenvalue weighted by Crippen LogP contribution is -2.38. The Morgan fingerprint density at radius 1 is 1.08 bits per heavy atom. The highest BCUT2D eigenvalue weighted by atomic mass is 19.3. The maximum Gasteiger partial charge on any atom is 0.281 e. The highest BCUT2D eigenvalue weighted by molar-refractivity contribution is 5.95. The van der Waals surface area contributed by atoms with Gasteiger partial charge in [-0.15, -0.1) is 0 Å². The number of carbonyl (C=O) groups excluding carboxylic acids is 1. The van der Waals surface area contributed by atoms with Gasteiger partial charge in [0.2, 0.25) is 5.88 Å². The van der Waals surface area contributed by atoms with Gasteiger partial charge in [0.05, 0.1) is 5.56 Å². The molecule has 2 aromatic heterocycles. The first-order valence-electron chi connectivity index (χ1n) is 12.5. The molecule has 1 amide bonds. The molecule has 4 rings (SSSR count). The van der Waals surface area contributed by atoms with Crippen LogP contribution in [0.15, 0.2) is 30.5 Å². The van der Waals surface area contributed by atoms with Gasteiger partial charge >= 0.3 is 0 Å². The average molecular weight is 509 g/mol. The van der Waals surface area contributed by atoms with Gasteiger partial charge in [-0.25, -0.2) is 22.5 Å². The zero-order valence-electron chi connectivity index (χ0n) is 20.1. The van der Waals surface area contributed by atoms with Gasteiger partial charge in [0.1, 0.15) is 5.69 Å². The van der Waals surface area contributed by atoms with Crippen LogP contribution in [0.5, 0.6) is 5.88 Å². The number of aromatic nitrogens is 2. The highest BCUT2D eigenvalue weighted by Crippen LogP contribution is 2.28. The van der Waals surface area contributed by atoms with Crippen LogP contribution in [0.3, 0.4) is 0 Å². The fraction of sp³-hybridized carbons (Fsp3) is 0.577. The van der Waals surface area contributed by atoms with Crippen molar-refractivity contribution < 1.29 is 27.1 Å². The van der Waals surface area contributed by atoms with Crippen molar-refractivity contribution in [2.24, 2.45) is 5.92 Å². The van der Waals surface area contributed by atoms with E-state index < -0.39 is 31.1 Å². The van der Waals surface area contributed by atoms with Crippen molar-refractivity contribution in [3.63, 3.8) is 0 Å². The Hall–Kier alpha value is -2.75. The van der Waals surface area contributed by atoms with E-state index in [2.05, 4.69) is 20.2 Å². The van der Waals surface area contributed by atoms with Crippen LogP contribution in [0.25, 0.3) is 0 Å². The smallest absolute Gasteiger partial charge is 0.281 e. The van der Waals surface area contributed by atoms with Crippen molar-refractivity contribution in [3.05, 3.63) is 53.0 Å². The van der Waals surface area contributed by atoms with E-state index in [1.54, 1.807) is 6.07 Å². The minimum atomic E-state index is -2.79. The predicted molar refractivity (Wildman–Crippen MR) is 127 cm³/mol. The minimum absolute atomic E-state index is 0.0141. The summed E-state index contributed by atoms with van der Waals surface area (Å²) in [7, 11) is 0. The molecule has 1 fully saturated rings. The number of alkyl halides is 4. The van der Waals surface area contributed by atoms with Crippen LogP contribution in [0.4, 0.5) is 17.6 Å². The van der Waals surface area contributed by atoms with Crippen molar-refractivity contribution >= 4 is 5.91 Å². The van der Waals surface area contributed by atoms with E-state index in [1.165, 1.54) is 18.3 Å². The first-order valence-corrected chi connectivity index (χ1v) is 12.5. The molecule has 1 saturated carbocycles. The van der Waals surface area contributed by atoms with Gasteiger partial charge in [0, 0.05) is 43.5 Å². The molecule has 0 unspecified atom stereocenters. The number of rotatable bonds is 9. The fourth-order valence-electron chi connectivity index (χ4n) is 5.07. The molecule has 0 atom stereocenters. The van der Waals surface area contributed by atoms with Crippen LogP contribution in [0.2, 0.25) is 0 Å². The molecule has 6 nitrogen and oxygen atoms in total. The first-order chi connectivity index (χ1) is 17.4. The molecule has 1 aliphatic carbocycles. The second kappa shape index (κ2) is 12.5. The van der Waals surface area contributed by atoms with Gasteiger partial charge in [-0.1, -0.05) is 6.07 Å². The summed E-state index contributed by atoms with van der Waals surface area (Å²) in [5, 5.41) is 2.91.